The fraction of sp³-hybridized carbons (Fsp3) is 0.455. The zero-order valence-corrected chi connectivity index (χ0v) is 10.2. The number of halogens is 2. The summed E-state index contributed by atoms with van der Waals surface area (Å²) in [4.78, 5) is 2.15. The molecule has 14 heavy (non-hydrogen) atoms. The van der Waals surface area contributed by atoms with E-state index in [4.69, 9.17) is 11.6 Å². The fourth-order valence-corrected chi connectivity index (χ4v) is 1.44. The van der Waals surface area contributed by atoms with Gasteiger partial charge in [-0.25, -0.2) is 0 Å². The van der Waals surface area contributed by atoms with E-state index in [0.717, 1.165) is 13.0 Å². The minimum absolute atomic E-state index is 0. The normalized spacial score (nSPS) is 12.3. The number of nitrogens with zero attached hydrogens (tertiary/aromatic N) is 1. The summed E-state index contributed by atoms with van der Waals surface area (Å²) in [6.45, 7) is 1.03. The van der Waals surface area contributed by atoms with E-state index in [9.17, 15) is 0 Å². The van der Waals surface area contributed by atoms with Crippen molar-refractivity contribution in [1.82, 2.24) is 4.90 Å². The van der Waals surface area contributed by atoms with E-state index in [-0.39, 0.29) is 17.8 Å². The lowest BCUT2D eigenvalue weighted by Gasteiger charge is -2.13. The monoisotopic (exact) mass is 233 g/mol. The van der Waals surface area contributed by atoms with Crippen LogP contribution >= 0.6 is 24.0 Å². The van der Waals surface area contributed by atoms with Gasteiger partial charge in [-0.15, -0.1) is 24.0 Å². The predicted octanol–water partition coefficient (Wildman–Crippen LogP) is 3.34. The summed E-state index contributed by atoms with van der Waals surface area (Å²) in [7, 11) is 4.13. The van der Waals surface area contributed by atoms with Crippen LogP contribution in [0, 0.1) is 0 Å². The van der Waals surface area contributed by atoms with Gasteiger partial charge in [0.15, 0.2) is 0 Å². The average Bonchev–Trinajstić information content (AvgIpc) is 2.15. The molecule has 80 valence electrons. The first-order chi connectivity index (χ1) is 6.20. The highest BCUT2D eigenvalue weighted by atomic mass is 35.5. The predicted molar refractivity (Wildman–Crippen MR) is 65.5 cm³/mol. The van der Waals surface area contributed by atoms with Gasteiger partial charge in [0.1, 0.15) is 0 Å². The van der Waals surface area contributed by atoms with E-state index in [1.165, 1.54) is 5.56 Å². The molecule has 1 unspecified atom stereocenters. The van der Waals surface area contributed by atoms with Gasteiger partial charge in [-0.2, -0.15) is 0 Å². The maximum Gasteiger partial charge on any atom is 0.0597 e. The summed E-state index contributed by atoms with van der Waals surface area (Å²) in [5.41, 5.74) is 1.21. The van der Waals surface area contributed by atoms with Crippen molar-refractivity contribution in [2.45, 2.75) is 11.8 Å². The molecule has 0 radical (unpaired) electrons. The third-order valence-electron chi connectivity index (χ3n) is 1.99. The minimum Gasteiger partial charge on any atom is -0.309 e. The molecule has 0 aliphatic heterocycles. The molecule has 0 bridgehead atoms. The van der Waals surface area contributed by atoms with E-state index >= 15 is 0 Å². The number of alkyl halides is 1. The van der Waals surface area contributed by atoms with Crippen molar-refractivity contribution in [2.75, 3.05) is 20.6 Å². The Morgan fingerprint density at radius 2 is 1.79 bits per heavy atom. The Kier molecular flexibility index (Phi) is 6.98. The van der Waals surface area contributed by atoms with E-state index in [1.807, 2.05) is 18.2 Å². The highest BCUT2D eigenvalue weighted by molar-refractivity contribution is 6.20. The average molecular weight is 234 g/mol. The van der Waals surface area contributed by atoms with Gasteiger partial charge < -0.3 is 4.90 Å². The molecule has 0 saturated heterocycles. The highest BCUT2D eigenvalue weighted by Gasteiger charge is 2.06. The van der Waals surface area contributed by atoms with Crippen LogP contribution < -0.4 is 0 Å². The summed E-state index contributed by atoms with van der Waals surface area (Å²) < 4.78 is 0. The SMILES string of the molecule is CN(C)CCC(Cl)c1ccccc1.Cl. The Labute approximate surface area is 97.5 Å². The highest BCUT2D eigenvalue weighted by Crippen LogP contribution is 2.23. The van der Waals surface area contributed by atoms with Crippen molar-refractivity contribution in [3.05, 3.63) is 35.9 Å². The summed E-state index contributed by atoms with van der Waals surface area (Å²) in [6, 6.07) is 10.2. The molecule has 1 aromatic rings. The lowest BCUT2D eigenvalue weighted by Crippen LogP contribution is -2.14. The van der Waals surface area contributed by atoms with Crippen molar-refractivity contribution in [3.8, 4) is 0 Å². The smallest absolute Gasteiger partial charge is 0.0597 e. The largest absolute Gasteiger partial charge is 0.309 e. The second-order valence-corrected chi connectivity index (χ2v) is 4.00. The summed E-state index contributed by atoms with van der Waals surface area (Å²) in [5.74, 6) is 0. The van der Waals surface area contributed by atoms with Crippen molar-refractivity contribution < 1.29 is 0 Å². The number of hydrogen-bond acceptors (Lipinski definition) is 1. The van der Waals surface area contributed by atoms with Crippen molar-refractivity contribution in [1.29, 1.82) is 0 Å². The van der Waals surface area contributed by atoms with E-state index in [0.29, 0.717) is 0 Å². The first-order valence-electron chi connectivity index (χ1n) is 4.54. The lowest BCUT2D eigenvalue weighted by molar-refractivity contribution is 0.398. The van der Waals surface area contributed by atoms with Crippen LogP contribution in [0.4, 0.5) is 0 Å². The molecule has 1 rings (SSSR count). The molecule has 0 heterocycles. The van der Waals surface area contributed by atoms with Crippen molar-refractivity contribution in [3.63, 3.8) is 0 Å². The second kappa shape index (κ2) is 7.10. The third kappa shape index (κ3) is 4.85. The van der Waals surface area contributed by atoms with Gasteiger partial charge in [0.2, 0.25) is 0 Å². The zero-order chi connectivity index (χ0) is 9.68. The molecular formula is C11H17Cl2N. The number of hydrogen-bond donors (Lipinski definition) is 0. The molecule has 0 aliphatic carbocycles. The zero-order valence-electron chi connectivity index (χ0n) is 8.61. The van der Waals surface area contributed by atoms with Gasteiger partial charge in [0.05, 0.1) is 5.38 Å². The summed E-state index contributed by atoms with van der Waals surface area (Å²) >= 11 is 6.22. The summed E-state index contributed by atoms with van der Waals surface area (Å²) in [5, 5.41) is 0.142. The lowest BCUT2D eigenvalue weighted by atomic mass is 10.1. The molecule has 0 amide bonds. The summed E-state index contributed by atoms with van der Waals surface area (Å²) in [6.07, 6.45) is 0.999. The molecule has 0 saturated carbocycles. The van der Waals surface area contributed by atoms with Gasteiger partial charge >= 0.3 is 0 Å². The number of benzene rings is 1. The van der Waals surface area contributed by atoms with Crippen LogP contribution in [0.15, 0.2) is 30.3 Å². The molecule has 1 atom stereocenters. The molecule has 1 aromatic carbocycles. The van der Waals surface area contributed by atoms with Crippen LogP contribution in [0.1, 0.15) is 17.4 Å². The van der Waals surface area contributed by atoms with E-state index in [2.05, 4.69) is 31.1 Å². The molecule has 0 aliphatic rings. The first-order valence-corrected chi connectivity index (χ1v) is 4.97. The molecular weight excluding hydrogens is 217 g/mol. The van der Waals surface area contributed by atoms with Crippen molar-refractivity contribution in [2.24, 2.45) is 0 Å². The van der Waals surface area contributed by atoms with Crippen LogP contribution in [0.5, 0.6) is 0 Å². The van der Waals surface area contributed by atoms with E-state index < -0.39 is 0 Å². The quantitative estimate of drug-likeness (QED) is 0.722. The Balaban J connectivity index is 0.00000169. The van der Waals surface area contributed by atoms with Gasteiger partial charge in [-0.1, -0.05) is 30.3 Å². The molecule has 0 N–H and O–H groups in total. The van der Waals surface area contributed by atoms with Crippen LogP contribution in [0.3, 0.4) is 0 Å². The molecule has 0 fully saturated rings. The van der Waals surface area contributed by atoms with Crippen LogP contribution in [0.25, 0.3) is 0 Å². The maximum atomic E-state index is 6.22. The molecule has 3 heteroatoms. The third-order valence-corrected chi connectivity index (χ3v) is 2.46. The van der Waals surface area contributed by atoms with Crippen LogP contribution in [-0.2, 0) is 0 Å². The molecule has 0 aromatic heterocycles. The van der Waals surface area contributed by atoms with Crippen molar-refractivity contribution >= 4 is 24.0 Å². The van der Waals surface area contributed by atoms with Gasteiger partial charge in [-0.3, -0.25) is 0 Å². The Morgan fingerprint density at radius 3 is 2.29 bits per heavy atom. The van der Waals surface area contributed by atoms with Gasteiger partial charge in [-0.05, 0) is 32.6 Å². The van der Waals surface area contributed by atoms with Crippen LogP contribution in [-0.4, -0.2) is 25.5 Å². The first kappa shape index (κ1) is 13.8. The Morgan fingerprint density at radius 1 is 1.21 bits per heavy atom. The maximum absolute atomic E-state index is 6.22. The fourth-order valence-electron chi connectivity index (χ4n) is 1.20. The van der Waals surface area contributed by atoms with E-state index in [1.54, 1.807) is 0 Å². The Hall–Kier alpha value is -0.240. The molecule has 0 spiro atoms. The minimum atomic E-state index is 0. The Bertz CT molecular complexity index is 236. The van der Waals surface area contributed by atoms with Gasteiger partial charge in [0.25, 0.3) is 0 Å². The molecule has 1 nitrogen and oxygen atoms in total. The van der Waals surface area contributed by atoms with Crippen LogP contribution in [0.2, 0.25) is 0 Å². The number of rotatable bonds is 4. The van der Waals surface area contributed by atoms with Gasteiger partial charge in [0, 0.05) is 0 Å². The standard InChI is InChI=1S/C11H16ClN.ClH/c1-13(2)9-8-11(12)10-6-4-3-5-7-10;/h3-7,11H,8-9H2,1-2H3;1H. The topological polar surface area (TPSA) is 3.24 Å². The second-order valence-electron chi connectivity index (χ2n) is 3.47.